The lowest BCUT2D eigenvalue weighted by Crippen LogP contribution is -2.34. The van der Waals surface area contributed by atoms with Gasteiger partial charge >= 0.3 is 0 Å². The lowest BCUT2D eigenvalue weighted by Gasteiger charge is -2.16. The molecule has 3 N–H and O–H groups in total. The monoisotopic (exact) mass is 512 g/mol. The number of aromatic nitrogens is 4. The topological polar surface area (TPSA) is 115 Å². The van der Waals surface area contributed by atoms with Gasteiger partial charge in [-0.1, -0.05) is 24.3 Å². The van der Waals surface area contributed by atoms with Crippen LogP contribution in [0.15, 0.2) is 42.7 Å². The summed E-state index contributed by atoms with van der Waals surface area (Å²) in [5.74, 6) is -1.54. The van der Waals surface area contributed by atoms with E-state index >= 15 is 8.78 Å². The number of aromatic amines is 1. The summed E-state index contributed by atoms with van der Waals surface area (Å²) < 4.78 is 49.1. The lowest BCUT2D eigenvalue weighted by molar-refractivity contribution is 0.00706. The SMILES string of the molecule is CC(C)(O)Cn1cc(-c2ccc(-c3c(F)cc4[nH]c(O[C@@H]5CO[C@H]6[C@@H]5OC[C@H]6O)nc4c3F)cc2)cn1. The van der Waals surface area contributed by atoms with E-state index in [1.165, 1.54) is 6.07 Å². The molecule has 6 rings (SSSR count). The summed E-state index contributed by atoms with van der Waals surface area (Å²) in [5, 5.41) is 24.2. The molecule has 0 amide bonds. The zero-order valence-electron chi connectivity index (χ0n) is 20.2. The van der Waals surface area contributed by atoms with Crippen molar-refractivity contribution in [2.24, 2.45) is 0 Å². The van der Waals surface area contributed by atoms with Crippen molar-refractivity contribution in [1.29, 1.82) is 0 Å². The predicted molar refractivity (Wildman–Crippen MR) is 129 cm³/mol. The summed E-state index contributed by atoms with van der Waals surface area (Å²) in [5.41, 5.74) is 1.01. The number of ether oxygens (including phenoxy) is 3. The lowest BCUT2D eigenvalue weighted by atomic mass is 10.0. The van der Waals surface area contributed by atoms with Gasteiger partial charge in [0.1, 0.15) is 29.6 Å². The third-order valence-corrected chi connectivity index (χ3v) is 6.58. The fraction of sp³-hybridized carbons (Fsp3) is 0.385. The summed E-state index contributed by atoms with van der Waals surface area (Å²) in [6.07, 6.45) is 1.29. The second-order valence-corrected chi connectivity index (χ2v) is 10.1. The van der Waals surface area contributed by atoms with Gasteiger partial charge in [0.15, 0.2) is 11.9 Å². The molecule has 2 fully saturated rings. The summed E-state index contributed by atoms with van der Waals surface area (Å²) >= 11 is 0. The third-order valence-electron chi connectivity index (χ3n) is 6.58. The molecule has 4 heterocycles. The standard InChI is InChI=1S/C26H26F2N4O5/c1-26(2,34)12-32-9-15(8-29-32)13-3-5-14(6-4-13)20-16(27)7-17-22(21(20)28)31-25(30-17)37-19-11-36-23-18(33)10-35-24(19)23/h3-9,18-19,23-24,33-34H,10-12H2,1-2H3,(H,30,31)/t18-,19-,23-,24-/m1/s1. The summed E-state index contributed by atoms with van der Waals surface area (Å²) in [7, 11) is 0. The molecule has 2 aromatic heterocycles. The minimum Gasteiger partial charge on any atom is -0.456 e. The third kappa shape index (κ3) is 4.48. The van der Waals surface area contributed by atoms with E-state index in [4.69, 9.17) is 14.2 Å². The van der Waals surface area contributed by atoms with E-state index in [-0.39, 0.29) is 35.8 Å². The number of aliphatic hydroxyl groups is 2. The van der Waals surface area contributed by atoms with Crippen LogP contribution in [0.4, 0.5) is 8.78 Å². The van der Waals surface area contributed by atoms with Gasteiger partial charge in [-0.25, -0.2) is 8.78 Å². The second kappa shape index (κ2) is 8.88. The second-order valence-electron chi connectivity index (χ2n) is 10.1. The molecule has 9 nitrogen and oxygen atoms in total. The molecule has 0 radical (unpaired) electrons. The Bertz CT molecular complexity index is 1450. The molecule has 11 heteroatoms. The number of benzene rings is 2. The Balaban J connectivity index is 1.25. The maximum Gasteiger partial charge on any atom is 0.295 e. The molecule has 0 unspecified atom stereocenters. The van der Waals surface area contributed by atoms with Crippen LogP contribution in [0.1, 0.15) is 13.8 Å². The van der Waals surface area contributed by atoms with Gasteiger partial charge in [0.05, 0.1) is 42.6 Å². The Hall–Kier alpha value is -3.38. The summed E-state index contributed by atoms with van der Waals surface area (Å²) in [6, 6.07) is 8.00. The molecule has 194 valence electrons. The van der Waals surface area contributed by atoms with Crippen molar-refractivity contribution in [1.82, 2.24) is 19.7 Å². The van der Waals surface area contributed by atoms with Crippen molar-refractivity contribution in [3.63, 3.8) is 0 Å². The Morgan fingerprint density at radius 2 is 1.84 bits per heavy atom. The molecule has 0 aliphatic carbocycles. The highest BCUT2D eigenvalue weighted by Crippen LogP contribution is 2.34. The van der Waals surface area contributed by atoms with Gasteiger partial charge in [-0.2, -0.15) is 10.1 Å². The van der Waals surface area contributed by atoms with E-state index in [0.29, 0.717) is 12.1 Å². The molecule has 2 aliphatic rings. The first kappa shape index (κ1) is 24.0. The molecule has 4 aromatic rings. The number of aliphatic hydroxyl groups excluding tert-OH is 1. The molecule has 2 saturated heterocycles. The maximum atomic E-state index is 15.5. The minimum absolute atomic E-state index is 0.0168. The van der Waals surface area contributed by atoms with Crippen LogP contribution in [0.3, 0.4) is 0 Å². The quantitative estimate of drug-likeness (QED) is 0.364. The minimum atomic E-state index is -0.905. The highest BCUT2D eigenvalue weighted by Gasteiger charge is 2.48. The zero-order chi connectivity index (χ0) is 25.9. The Kier molecular flexibility index (Phi) is 5.75. The van der Waals surface area contributed by atoms with Gasteiger partial charge in [-0.3, -0.25) is 4.68 Å². The normalized spacial score (nSPS) is 23.6. The van der Waals surface area contributed by atoms with E-state index in [1.807, 2.05) is 0 Å². The van der Waals surface area contributed by atoms with Crippen LogP contribution >= 0.6 is 0 Å². The van der Waals surface area contributed by atoms with Crippen molar-refractivity contribution in [3.8, 4) is 28.3 Å². The van der Waals surface area contributed by atoms with Crippen molar-refractivity contribution in [2.75, 3.05) is 13.2 Å². The average molecular weight is 513 g/mol. The van der Waals surface area contributed by atoms with Crippen LogP contribution in [0, 0.1) is 11.6 Å². The number of nitrogens with one attached hydrogen (secondary N) is 1. The molecular formula is C26H26F2N4O5. The van der Waals surface area contributed by atoms with Crippen LogP contribution in [0.2, 0.25) is 0 Å². The highest BCUT2D eigenvalue weighted by molar-refractivity contribution is 5.84. The maximum absolute atomic E-state index is 15.5. The Morgan fingerprint density at radius 3 is 2.59 bits per heavy atom. The molecular weight excluding hydrogens is 486 g/mol. The largest absolute Gasteiger partial charge is 0.456 e. The molecule has 2 aromatic carbocycles. The van der Waals surface area contributed by atoms with E-state index in [1.54, 1.807) is 55.2 Å². The number of hydrogen-bond donors (Lipinski definition) is 3. The number of H-pyrrole nitrogens is 1. The van der Waals surface area contributed by atoms with Crippen molar-refractivity contribution < 1.29 is 33.2 Å². The molecule has 0 spiro atoms. The van der Waals surface area contributed by atoms with Gasteiger partial charge < -0.3 is 29.4 Å². The predicted octanol–water partition coefficient (Wildman–Crippen LogP) is 3.05. The molecule has 4 atom stereocenters. The number of halogens is 2. The summed E-state index contributed by atoms with van der Waals surface area (Å²) in [6.45, 7) is 4.08. The van der Waals surface area contributed by atoms with E-state index in [9.17, 15) is 10.2 Å². The highest BCUT2D eigenvalue weighted by atomic mass is 19.1. The van der Waals surface area contributed by atoms with Crippen molar-refractivity contribution in [2.45, 2.75) is 50.4 Å². The molecule has 0 saturated carbocycles. The van der Waals surface area contributed by atoms with Crippen molar-refractivity contribution >= 4 is 11.0 Å². The fourth-order valence-corrected chi connectivity index (χ4v) is 4.89. The Labute approximate surface area is 210 Å². The number of nitrogens with zero attached hydrogens (tertiary/aromatic N) is 3. The smallest absolute Gasteiger partial charge is 0.295 e. The number of imidazole rings is 1. The van der Waals surface area contributed by atoms with Gasteiger partial charge in [0.2, 0.25) is 0 Å². The molecule has 0 bridgehead atoms. The Morgan fingerprint density at radius 1 is 1.11 bits per heavy atom. The van der Waals surface area contributed by atoms with Gasteiger partial charge in [-0.15, -0.1) is 0 Å². The fourth-order valence-electron chi connectivity index (χ4n) is 4.89. The molecule has 37 heavy (non-hydrogen) atoms. The van der Waals surface area contributed by atoms with E-state index in [0.717, 1.165) is 11.1 Å². The average Bonchev–Trinajstić information content (AvgIpc) is 3.61. The van der Waals surface area contributed by atoms with Crippen LogP contribution in [-0.4, -0.2) is 73.2 Å². The van der Waals surface area contributed by atoms with Gasteiger partial charge in [0, 0.05) is 17.8 Å². The summed E-state index contributed by atoms with van der Waals surface area (Å²) in [4.78, 5) is 7.02. The number of fused-ring (bicyclic) bond motifs is 2. The van der Waals surface area contributed by atoms with Crippen molar-refractivity contribution in [3.05, 3.63) is 54.4 Å². The van der Waals surface area contributed by atoms with Crippen LogP contribution in [0.25, 0.3) is 33.3 Å². The first-order valence-electron chi connectivity index (χ1n) is 12.0. The van der Waals surface area contributed by atoms with Crippen LogP contribution in [0.5, 0.6) is 6.01 Å². The van der Waals surface area contributed by atoms with Gasteiger partial charge in [-0.05, 0) is 25.0 Å². The van der Waals surface area contributed by atoms with Crippen LogP contribution in [-0.2, 0) is 16.0 Å². The number of rotatable bonds is 6. The first-order valence-corrected chi connectivity index (χ1v) is 12.0. The number of hydrogen-bond acceptors (Lipinski definition) is 7. The van der Waals surface area contributed by atoms with E-state index < -0.39 is 41.7 Å². The molecule has 2 aliphatic heterocycles. The zero-order valence-corrected chi connectivity index (χ0v) is 20.2. The first-order chi connectivity index (χ1) is 17.7. The van der Waals surface area contributed by atoms with Gasteiger partial charge in [0.25, 0.3) is 6.01 Å². The van der Waals surface area contributed by atoms with E-state index in [2.05, 4.69) is 15.1 Å². The van der Waals surface area contributed by atoms with Crippen LogP contribution < -0.4 is 4.74 Å².